The SMILES string of the molecule is COc1ccccc1-c1noc(C2CN(C(=O)c3cnc4ccccc4n3)C2)n1. The third kappa shape index (κ3) is 3.08. The van der Waals surface area contributed by atoms with Crippen molar-refractivity contribution in [1.82, 2.24) is 25.0 Å². The largest absolute Gasteiger partial charge is 0.496 e. The Balaban J connectivity index is 1.29. The Hall–Kier alpha value is -3.81. The maximum Gasteiger partial charge on any atom is 0.274 e. The smallest absolute Gasteiger partial charge is 0.274 e. The van der Waals surface area contributed by atoms with E-state index in [1.165, 1.54) is 6.20 Å². The van der Waals surface area contributed by atoms with Gasteiger partial charge in [-0.25, -0.2) is 4.98 Å². The molecule has 5 rings (SSSR count). The standard InChI is InChI=1S/C21H17N5O3/c1-28-18-9-5-2-6-14(18)19-24-20(29-25-19)13-11-26(12-13)21(27)17-10-22-15-7-3-4-8-16(15)23-17/h2-10,13H,11-12H2,1H3. The molecule has 0 N–H and O–H groups in total. The van der Waals surface area contributed by atoms with Crippen molar-refractivity contribution in [2.45, 2.75) is 5.92 Å². The van der Waals surface area contributed by atoms with Crippen LogP contribution in [0.15, 0.2) is 59.3 Å². The van der Waals surface area contributed by atoms with E-state index in [1.54, 1.807) is 12.0 Å². The van der Waals surface area contributed by atoms with E-state index in [9.17, 15) is 4.79 Å². The number of benzene rings is 2. The number of nitrogens with zero attached hydrogens (tertiary/aromatic N) is 5. The molecule has 1 aliphatic heterocycles. The first-order valence-corrected chi connectivity index (χ1v) is 9.21. The molecule has 2 aromatic heterocycles. The first-order chi connectivity index (χ1) is 14.2. The molecule has 0 aliphatic carbocycles. The quantitative estimate of drug-likeness (QED) is 0.531. The van der Waals surface area contributed by atoms with E-state index < -0.39 is 0 Å². The first kappa shape index (κ1) is 17.3. The molecule has 0 radical (unpaired) electrons. The van der Waals surface area contributed by atoms with Crippen LogP contribution >= 0.6 is 0 Å². The molecule has 1 saturated heterocycles. The fourth-order valence-electron chi connectivity index (χ4n) is 3.36. The number of methoxy groups -OCH3 is 1. The molecule has 0 unspecified atom stereocenters. The predicted octanol–water partition coefficient (Wildman–Crippen LogP) is 2.93. The fourth-order valence-corrected chi connectivity index (χ4v) is 3.36. The number of ether oxygens (including phenoxy) is 1. The van der Waals surface area contributed by atoms with Gasteiger partial charge in [0.25, 0.3) is 5.91 Å². The molecule has 3 heterocycles. The summed E-state index contributed by atoms with van der Waals surface area (Å²) in [6, 6.07) is 15.0. The molecule has 1 amide bonds. The maximum atomic E-state index is 12.7. The number of aromatic nitrogens is 4. The van der Waals surface area contributed by atoms with Crippen molar-refractivity contribution in [2.75, 3.05) is 20.2 Å². The number of amides is 1. The molecular weight excluding hydrogens is 370 g/mol. The van der Waals surface area contributed by atoms with E-state index in [-0.39, 0.29) is 11.8 Å². The zero-order chi connectivity index (χ0) is 19.8. The van der Waals surface area contributed by atoms with E-state index in [0.29, 0.717) is 41.8 Å². The second kappa shape index (κ2) is 6.97. The van der Waals surface area contributed by atoms with Crippen LogP contribution in [0.2, 0.25) is 0 Å². The minimum Gasteiger partial charge on any atom is -0.496 e. The molecule has 1 aliphatic rings. The van der Waals surface area contributed by atoms with Crippen LogP contribution in [-0.2, 0) is 0 Å². The van der Waals surface area contributed by atoms with Gasteiger partial charge in [-0.3, -0.25) is 9.78 Å². The zero-order valence-corrected chi connectivity index (χ0v) is 15.6. The van der Waals surface area contributed by atoms with Gasteiger partial charge in [-0.15, -0.1) is 0 Å². The van der Waals surface area contributed by atoms with Gasteiger partial charge < -0.3 is 14.2 Å². The third-order valence-electron chi connectivity index (χ3n) is 4.98. The highest BCUT2D eigenvalue weighted by Crippen LogP contribution is 2.31. The number of rotatable bonds is 4. The average molecular weight is 387 g/mol. The molecule has 4 aromatic rings. The van der Waals surface area contributed by atoms with Crippen LogP contribution in [0.3, 0.4) is 0 Å². The van der Waals surface area contributed by atoms with Crippen molar-refractivity contribution >= 4 is 16.9 Å². The Morgan fingerprint density at radius 3 is 2.66 bits per heavy atom. The van der Waals surface area contributed by atoms with Gasteiger partial charge >= 0.3 is 0 Å². The Kier molecular flexibility index (Phi) is 4.16. The molecule has 1 fully saturated rings. The van der Waals surface area contributed by atoms with Crippen LogP contribution in [0.25, 0.3) is 22.4 Å². The summed E-state index contributed by atoms with van der Waals surface area (Å²) in [5, 5.41) is 4.07. The van der Waals surface area contributed by atoms with Gasteiger partial charge in [0, 0.05) is 13.1 Å². The number of hydrogen-bond donors (Lipinski definition) is 0. The molecule has 0 atom stereocenters. The molecule has 0 bridgehead atoms. The third-order valence-corrected chi connectivity index (χ3v) is 4.98. The highest BCUT2D eigenvalue weighted by molar-refractivity contribution is 5.94. The van der Waals surface area contributed by atoms with Crippen LogP contribution < -0.4 is 4.74 Å². The number of carbonyl (C=O) groups excluding carboxylic acids is 1. The van der Waals surface area contributed by atoms with Gasteiger partial charge in [0.05, 0.1) is 35.8 Å². The molecule has 0 spiro atoms. The van der Waals surface area contributed by atoms with Crippen LogP contribution in [0, 0.1) is 0 Å². The van der Waals surface area contributed by atoms with E-state index in [4.69, 9.17) is 9.26 Å². The van der Waals surface area contributed by atoms with Crippen molar-refractivity contribution in [3.8, 4) is 17.1 Å². The Bertz CT molecular complexity index is 1200. The van der Waals surface area contributed by atoms with E-state index in [2.05, 4.69) is 20.1 Å². The Morgan fingerprint density at radius 1 is 1.07 bits per heavy atom. The highest BCUT2D eigenvalue weighted by Gasteiger charge is 2.36. The highest BCUT2D eigenvalue weighted by atomic mass is 16.5. The molecule has 144 valence electrons. The topological polar surface area (TPSA) is 94.2 Å². The van der Waals surface area contributed by atoms with E-state index in [1.807, 2.05) is 48.5 Å². The number of fused-ring (bicyclic) bond motifs is 1. The molecule has 2 aromatic carbocycles. The first-order valence-electron chi connectivity index (χ1n) is 9.21. The van der Waals surface area contributed by atoms with Gasteiger partial charge in [-0.1, -0.05) is 29.4 Å². The molecule has 29 heavy (non-hydrogen) atoms. The summed E-state index contributed by atoms with van der Waals surface area (Å²) in [6.07, 6.45) is 1.52. The molecule has 0 saturated carbocycles. The Labute approximate surface area is 166 Å². The van der Waals surface area contributed by atoms with Crippen molar-refractivity contribution < 1.29 is 14.1 Å². The number of carbonyl (C=O) groups is 1. The van der Waals surface area contributed by atoms with E-state index in [0.717, 1.165) is 11.1 Å². The van der Waals surface area contributed by atoms with Crippen LogP contribution in [0.4, 0.5) is 0 Å². The lowest BCUT2D eigenvalue weighted by Gasteiger charge is -2.36. The molecule has 8 heteroatoms. The van der Waals surface area contributed by atoms with Crippen LogP contribution in [-0.4, -0.2) is 51.1 Å². The lowest BCUT2D eigenvalue weighted by molar-refractivity contribution is 0.0563. The van der Waals surface area contributed by atoms with Crippen molar-refractivity contribution in [1.29, 1.82) is 0 Å². The minimum atomic E-state index is -0.149. The summed E-state index contributed by atoms with van der Waals surface area (Å²) in [7, 11) is 1.60. The van der Waals surface area contributed by atoms with E-state index >= 15 is 0 Å². The van der Waals surface area contributed by atoms with Gasteiger partial charge in [0.2, 0.25) is 11.7 Å². The summed E-state index contributed by atoms with van der Waals surface area (Å²) in [4.78, 5) is 27.6. The van der Waals surface area contributed by atoms with Gasteiger partial charge in [-0.2, -0.15) is 4.98 Å². The summed E-state index contributed by atoms with van der Waals surface area (Å²) in [5.41, 5.74) is 2.57. The second-order valence-corrected chi connectivity index (χ2v) is 6.81. The zero-order valence-electron chi connectivity index (χ0n) is 15.6. The normalized spacial score (nSPS) is 14.0. The molecule has 8 nitrogen and oxygen atoms in total. The minimum absolute atomic E-state index is 0.00308. The van der Waals surface area contributed by atoms with Gasteiger partial charge in [0.15, 0.2) is 0 Å². The maximum absolute atomic E-state index is 12.7. The van der Waals surface area contributed by atoms with Gasteiger partial charge in [-0.05, 0) is 24.3 Å². The van der Waals surface area contributed by atoms with Crippen LogP contribution in [0.5, 0.6) is 5.75 Å². The summed E-state index contributed by atoms with van der Waals surface area (Å²) < 4.78 is 10.8. The lowest BCUT2D eigenvalue weighted by atomic mass is 9.99. The number of hydrogen-bond acceptors (Lipinski definition) is 7. The van der Waals surface area contributed by atoms with Crippen LogP contribution in [0.1, 0.15) is 22.3 Å². The summed E-state index contributed by atoms with van der Waals surface area (Å²) in [5.74, 6) is 1.52. The predicted molar refractivity (Wildman–Crippen MR) is 104 cm³/mol. The van der Waals surface area contributed by atoms with Gasteiger partial charge in [0.1, 0.15) is 11.4 Å². The summed E-state index contributed by atoms with van der Waals surface area (Å²) >= 11 is 0. The summed E-state index contributed by atoms with van der Waals surface area (Å²) in [6.45, 7) is 1.00. The Morgan fingerprint density at radius 2 is 1.83 bits per heavy atom. The number of likely N-dealkylation sites (tertiary alicyclic amines) is 1. The monoisotopic (exact) mass is 387 g/mol. The van der Waals surface area contributed by atoms with Crippen molar-refractivity contribution in [3.63, 3.8) is 0 Å². The average Bonchev–Trinajstić information content (AvgIpc) is 3.21. The van der Waals surface area contributed by atoms with Crippen molar-refractivity contribution in [3.05, 3.63) is 66.3 Å². The van der Waals surface area contributed by atoms with Crippen molar-refractivity contribution in [2.24, 2.45) is 0 Å². The lowest BCUT2D eigenvalue weighted by Crippen LogP contribution is -2.48. The number of para-hydroxylation sites is 3. The second-order valence-electron chi connectivity index (χ2n) is 6.81. The fraction of sp³-hybridized carbons (Fsp3) is 0.190. The molecular formula is C21H17N5O3.